The summed E-state index contributed by atoms with van der Waals surface area (Å²) in [6, 6.07) is 9.66. The molecule has 0 heterocycles. The van der Waals surface area contributed by atoms with Gasteiger partial charge < -0.3 is 0 Å². The van der Waals surface area contributed by atoms with Crippen molar-refractivity contribution in [3.63, 3.8) is 0 Å². The van der Waals surface area contributed by atoms with Gasteiger partial charge >= 0.3 is 0 Å². The van der Waals surface area contributed by atoms with Crippen molar-refractivity contribution in [1.82, 2.24) is 4.72 Å². The van der Waals surface area contributed by atoms with Crippen LogP contribution in [-0.4, -0.2) is 19.5 Å². The molecule has 1 fully saturated rings. The Hall–Kier alpha value is -0.390. The lowest BCUT2D eigenvalue weighted by Gasteiger charge is -2.29. The van der Waals surface area contributed by atoms with E-state index in [-0.39, 0.29) is 5.75 Å². The fourth-order valence-corrected chi connectivity index (χ4v) is 4.51. The quantitative estimate of drug-likeness (QED) is 0.814. The molecule has 3 nitrogen and oxygen atoms in total. The number of sulfonamides is 1. The highest BCUT2D eigenvalue weighted by molar-refractivity contribution is 9.09. The van der Waals surface area contributed by atoms with E-state index in [1.165, 1.54) is 0 Å². The van der Waals surface area contributed by atoms with E-state index in [1.807, 2.05) is 37.3 Å². The van der Waals surface area contributed by atoms with Crippen LogP contribution in [0.2, 0.25) is 0 Å². The number of halogens is 1. The van der Waals surface area contributed by atoms with Crippen LogP contribution in [0.4, 0.5) is 0 Å². The smallest absolute Gasteiger partial charge is 0.212 e. The molecule has 0 amide bonds. The van der Waals surface area contributed by atoms with Gasteiger partial charge in [-0.3, -0.25) is 0 Å². The third-order valence-electron chi connectivity index (χ3n) is 3.21. The van der Waals surface area contributed by atoms with E-state index in [4.69, 9.17) is 0 Å². The predicted molar refractivity (Wildman–Crippen MR) is 77.2 cm³/mol. The van der Waals surface area contributed by atoms with Crippen molar-refractivity contribution < 1.29 is 8.42 Å². The van der Waals surface area contributed by atoms with Crippen LogP contribution in [0.5, 0.6) is 0 Å². The summed E-state index contributed by atoms with van der Waals surface area (Å²) < 4.78 is 27.0. The normalized spacial score (nSPS) is 19.4. The van der Waals surface area contributed by atoms with Crippen LogP contribution < -0.4 is 4.72 Å². The Labute approximate surface area is 117 Å². The molecule has 5 heteroatoms. The molecule has 1 saturated carbocycles. The molecule has 2 rings (SSSR count). The topological polar surface area (TPSA) is 46.2 Å². The molecule has 0 saturated heterocycles. The van der Waals surface area contributed by atoms with E-state index in [2.05, 4.69) is 20.7 Å². The van der Waals surface area contributed by atoms with E-state index < -0.39 is 15.6 Å². The summed E-state index contributed by atoms with van der Waals surface area (Å²) in [5.74, 6) is 0.612. The van der Waals surface area contributed by atoms with Crippen molar-refractivity contribution in [3.8, 4) is 0 Å². The van der Waals surface area contributed by atoms with E-state index in [0.717, 1.165) is 18.4 Å². The second-order valence-electron chi connectivity index (χ2n) is 5.16. The molecule has 0 aromatic heterocycles. The van der Waals surface area contributed by atoms with Crippen LogP contribution >= 0.6 is 15.9 Å². The molecule has 100 valence electrons. The summed E-state index contributed by atoms with van der Waals surface area (Å²) in [6.07, 6.45) is 2.08. The molecule has 1 N–H and O–H groups in total. The monoisotopic (exact) mass is 331 g/mol. The maximum absolute atomic E-state index is 12.1. The van der Waals surface area contributed by atoms with Gasteiger partial charge in [-0.25, -0.2) is 13.1 Å². The Balaban J connectivity index is 2.17. The number of rotatable bonds is 6. The molecular weight excluding hydrogens is 314 g/mol. The Morgan fingerprint density at radius 1 is 1.33 bits per heavy atom. The third kappa shape index (κ3) is 3.56. The fraction of sp³-hybridized carbons (Fsp3) is 0.538. The molecule has 1 aromatic rings. The summed E-state index contributed by atoms with van der Waals surface area (Å²) in [5, 5.41) is 0.550. The summed E-state index contributed by atoms with van der Waals surface area (Å²) >= 11 is 3.42. The Kier molecular flexibility index (Phi) is 4.14. The number of hydrogen-bond donors (Lipinski definition) is 1. The van der Waals surface area contributed by atoms with Crippen LogP contribution in [-0.2, 0) is 15.6 Å². The molecule has 1 aromatic carbocycles. The van der Waals surface area contributed by atoms with Gasteiger partial charge in [0, 0.05) is 5.33 Å². The molecule has 0 radical (unpaired) electrons. The second kappa shape index (κ2) is 5.31. The lowest BCUT2D eigenvalue weighted by molar-refractivity contribution is 0.481. The summed E-state index contributed by atoms with van der Waals surface area (Å²) in [6.45, 7) is 1.90. The third-order valence-corrected chi connectivity index (χ3v) is 6.00. The fourth-order valence-electron chi connectivity index (χ4n) is 1.95. The van der Waals surface area contributed by atoms with Crippen molar-refractivity contribution in [3.05, 3.63) is 35.9 Å². The van der Waals surface area contributed by atoms with E-state index >= 15 is 0 Å². The summed E-state index contributed by atoms with van der Waals surface area (Å²) in [5.41, 5.74) is 0.385. The van der Waals surface area contributed by atoms with Crippen molar-refractivity contribution >= 4 is 26.0 Å². The van der Waals surface area contributed by atoms with Gasteiger partial charge in [0.15, 0.2) is 0 Å². The zero-order valence-corrected chi connectivity index (χ0v) is 12.8. The van der Waals surface area contributed by atoms with Crippen molar-refractivity contribution in [2.45, 2.75) is 25.3 Å². The van der Waals surface area contributed by atoms with Gasteiger partial charge in [-0.1, -0.05) is 46.3 Å². The highest BCUT2D eigenvalue weighted by Crippen LogP contribution is 2.31. The van der Waals surface area contributed by atoms with E-state index in [1.54, 1.807) is 0 Å². The Bertz CT molecular complexity index is 499. The van der Waals surface area contributed by atoms with Gasteiger partial charge in [0.25, 0.3) is 0 Å². The zero-order chi connectivity index (χ0) is 13.2. The standard InChI is InChI=1S/C13H18BrNO2S/c1-13(10-14,12-5-3-2-4-6-12)15-18(16,17)9-11-7-8-11/h2-6,11,15H,7-10H2,1H3. The van der Waals surface area contributed by atoms with Crippen LogP contribution in [0, 0.1) is 5.92 Å². The lowest BCUT2D eigenvalue weighted by atomic mass is 9.96. The zero-order valence-electron chi connectivity index (χ0n) is 10.4. The lowest BCUT2D eigenvalue weighted by Crippen LogP contribution is -2.46. The predicted octanol–water partition coefficient (Wildman–Crippen LogP) is 2.63. The van der Waals surface area contributed by atoms with Gasteiger partial charge in [-0.15, -0.1) is 0 Å². The average Bonchev–Trinajstić information content (AvgIpc) is 3.12. The maximum atomic E-state index is 12.1. The summed E-state index contributed by atoms with van der Waals surface area (Å²) in [4.78, 5) is 0. The second-order valence-corrected chi connectivity index (χ2v) is 7.49. The van der Waals surface area contributed by atoms with Crippen LogP contribution in [0.1, 0.15) is 25.3 Å². The number of hydrogen-bond acceptors (Lipinski definition) is 2. The molecule has 0 spiro atoms. The molecule has 0 bridgehead atoms. The van der Waals surface area contributed by atoms with Crippen molar-refractivity contribution in [2.24, 2.45) is 5.92 Å². The first kappa shape index (κ1) is 14.0. The first-order valence-electron chi connectivity index (χ1n) is 6.08. The highest BCUT2D eigenvalue weighted by atomic mass is 79.9. The van der Waals surface area contributed by atoms with Gasteiger partial charge in [-0.05, 0) is 31.2 Å². The molecular formula is C13H18BrNO2S. The average molecular weight is 332 g/mol. The van der Waals surface area contributed by atoms with Crippen molar-refractivity contribution in [1.29, 1.82) is 0 Å². The minimum Gasteiger partial charge on any atom is -0.212 e. The highest BCUT2D eigenvalue weighted by Gasteiger charge is 2.34. The van der Waals surface area contributed by atoms with Crippen molar-refractivity contribution in [2.75, 3.05) is 11.1 Å². The molecule has 0 aliphatic heterocycles. The minimum atomic E-state index is -3.22. The van der Waals surface area contributed by atoms with Gasteiger partial charge in [0.1, 0.15) is 0 Å². The van der Waals surface area contributed by atoms with Gasteiger partial charge in [0.2, 0.25) is 10.0 Å². The first-order valence-corrected chi connectivity index (χ1v) is 8.86. The minimum absolute atomic E-state index is 0.252. The number of nitrogens with one attached hydrogen (secondary N) is 1. The number of benzene rings is 1. The SMILES string of the molecule is CC(CBr)(NS(=O)(=O)CC1CC1)c1ccccc1. The van der Waals surface area contributed by atoms with E-state index in [0.29, 0.717) is 11.2 Å². The van der Waals surface area contributed by atoms with Crippen LogP contribution in [0.15, 0.2) is 30.3 Å². The van der Waals surface area contributed by atoms with Gasteiger partial charge in [-0.2, -0.15) is 0 Å². The van der Waals surface area contributed by atoms with Crippen LogP contribution in [0.25, 0.3) is 0 Å². The Morgan fingerprint density at radius 2 is 1.94 bits per heavy atom. The molecule has 1 aliphatic rings. The number of alkyl halides is 1. The molecule has 1 aliphatic carbocycles. The molecule has 1 unspecified atom stereocenters. The summed E-state index contributed by atoms with van der Waals surface area (Å²) in [7, 11) is -3.22. The maximum Gasteiger partial charge on any atom is 0.212 e. The molecule has 1 atom stereocenters. The van der Waals surface area contributed by atoms with Crippen LogP contribution in [0.3, 0.4) is 0 Å². The first-order chi connectivity index (χ1) is 8.45. The Morgan fingerprint density at radius 3 is 2.44 bits per heavy atom. The van der Waals surface area contributed by atoms with E-state index in [9.17, 15) is 8.42 Å². The largest absolute Gasteiger partial charge is 0.212 e. The van der Waals surface area contributed by atoms with Gasteiger partial charge in [0.05, 0.1) is 11.3 Å². The molecule has 18 heavy (non-hydrogen) atoms.